The Morgan fingerprint density at radius 3 is 2.39 bits per heavy atom. The summed E-state index contributed by atoms with van der Waals surface area (Å²) in [5, 5.41) is 10.9. The van der Waals surface area contributed by atoms with Gasteiger partial charge in [0.1, 0.15) is 12.4 Å². The molecule has 1 heterocycles. The molecule has 0 aliphatic heterocycles. The van der Waals surface area contributed by atoms with E-state index in [-0.39, 0.29) is 17.1 Å². The molecular weight excluding hydrogens is 390 g/mol. The number of aromatic nitrogens is 1. The van der Waals surface area contributed by atoms with Crippen LogP contribution in [0.1, 0.15) is 57.9 Å². The number of hydrogen-bond acceptors (Lipinski definition) is 4. The minimum absolute atomic E-state index is 0.129. The van der Waals surface area contributed by atoms with E-state index in [0.717, 1.165) is 49.5 Å². The van der Waals surface area contributed by atoms with Gasteiger partial charge in [0.2, 0.25) is 5.75 Å². The molecule has 0 atom stereocenters. The Morgan fingerprint density at radius 2 is 1.65 bits per heavy atom. The molecule has 5 heteroatoms. The first-order valence-electron chi connectivity index (χ1n) is 11.3. The Morgan fingerprint density at radius 1 is 0.871 bits per heavy atom. The van der Waals surface area contributed by atoms with Crippen LogP contribution in [-0.2, 0) is 13.2 Å². The molecule has 0 fully saturated rings. The second-order valence-corrected chi connectivity index (χ2v) is 7.85. The molecule has 0 aliphatic rings. The third-order valence-electron chi connectivity index (χ3n) is 5.37. The maximum absolute atomic E-state index is 13.5. The Hall–Kier alpha value is -2.95. The largest absolute Gasteiger partial charge is 0.508 e. The Labute approximate surface area is 184 Å². The lowest BCUT2D eigenvalue weighted by Gasteiger charge is -2.19. The van der Waals surface area contributed by atoms with Crippen molar-refractivity contribution in [2.75, 3.05) is 6.61 Å². The highest BCUT2D eigenvalue weighted by atomic mass is 16.5. The lowest BCUT2D eigenvalue weighted by molar-refractivity contribution is 0.255. The van der Waals surface area contributed by atoms with Crippen LogP contribution < -0.4 is 15.0 Å². The summed E-state index contributed by atoms with van der Waals surface area (Å²) in [7, 11) is 0. The fourth-order valence-corrected chi connectivity index (χ4v) is 3.63. The zero-order chi connectivity index (χ0) is 22.1. The van der Waals surface area contributed by atoms with Crippen molar-refractivity contribution < 1.29 is 14.6 Å². The van der Waals surface area contributed by atoms with Crippen molar-refractivity contribution >= 4 is 10.9 Å². The molecule has 0 bridgehead atoms. The Balaban J connectivity index is 2.03. The number of fused-ring (bicyclic) bond motifs is 1. The van der Waals surface area contributed by atoms with Crippen LogP contribution in [0.15, 0.2) is 53.3 Å². The van der Waals surface area contributed by atoms with Gasteiger partial charge in [0.25, 0.3) is 5.56 Å². The summed E-state index contributed by atoms with van der Waals surface area (Å²) in [6.07, 6.45) is 6.14. The van der Waals surface area contributed by atoms with Crippen LogP contribution in [0.2, 0.25) is 0 Å². The molecule has 0 aliphatic carbocycles. The molecule has 0 unspecified atom stereocenters. The summed E-state index contributed by atoms with van der Waals surface area (Å²) in [5.41, 5.74) is 1.45. The number of aryl methyl sites for hydroxylation is 1. The molecular formula is C26H33NO4. The van der Waals surface area contributed by atoms with Crippen molar-refractivity contribution in [3.63, 3.8) is 0 Å². The normalized spacial score (nSPS) is 11.0. The highest BCUT2D eigenvalue weighted by Gasteiger charge is 2.20. The SMILES string of the molecule is CCCCCCOc1c(OCc2ccccc2)c(=O)n(CCCC)c2cc(O)ccc12. The standard InChI is InChI=1S/C26H33NO4/c1-3-5-7-11-17-30-24-22-15-14-21(28)18-23(22)27(16-6-4-2)26(29)25(24)31-19-20-12-9-8-10-13-20/h8-10,12-15,18,28H,3-7,11,16-17,19H2,1-2H3. The van der Waals surface area contributed by atoms with Crippen LogP contribution in [0.4, 0.5) is 0 Å². The number of phenols is 1. The smallest absolute Gasteiger partial charge is 0.297 e. The Bertz CT molecular complexity index is 1030. The second kappa shape index (κ2) is 11.4. The molecule has 166 valence electrons. The lowest BCUT2D eigenvalue weighted by Crippen LogP contribution is -2.24. The topological polar surface area (TPSA) is 60.7 Å². The zero-order valence-electron chi connectivity index (χ0n) is 18.6. The van der Waals surface area contributed by atoms with Crippen molar-refractivity contribution in [2.45, 2.75) is 65.5 Å². The number of ether oxygens (including phenoxy) is 2. The predicted octanol–water partition coefficient (Wildman–Crippen LogP) is 6.05. The van der Waals surface area contributed by atoms with Crippen LogP contribution in [0.3, 0.4) is 0 Å². The summed E-state index contributed by atoms with van der Waals surface area (Å²) in [4.78, 5) is 13.5. The average molecular weight is 424 g/mol. The van der Waals surface area contributed by atoms with Gasteiger partial charge >= 0.3 is 0 Å². The van der Waals surface area contributed by atoms with Gasteiger partial charge in [0, 0.05) is 18.0 Å². The van der Waals surface area contributed by atoms with Gasteiger partial charge in [-0.1, -0.05) is 69.9 Å². The summed E-state index contributed by atoms with van der Waals surface area (Å²) < 4.78 is 13.9. The van der Waals surface area contributed by atoms with Crippen LogP contribution in [-0.4, -0.2) is 16.3 Å². The molecule has 0 saturated heterocycles. The van der Waals surface area contributed by atoms with Crippen LogP contribution in [0, 0.1) is 0 Å². The molecule has 2 aromatic carbocycles. The first kappa shape index (κ1) is 22.7. The average Bonchev–Trinajstić information content (AvgIpc) is 2.78. The molecule has 3 aromatic rings. The van der Waals surface area contributed by atoms with Gasteiger partial charge in [-0.15, -0.1) is 0 Å². The van der Waals surface area contributed by atoms with E-state index in [0.29, 0.717) is 31.0 Å². The van der Waals surface area contributed by atoms with E-state index in [1.165, 1.54) is 0 Å². The number of aromatic hydroxyl groups is 1. The molecule has 5 nitrogen and oxygen atoms in total. The number of benzene rings is 2. The first-order chi connectivity index (χ1) is 15.2. The van der Waals surface area contributed by atoms with Crippen LogP contribution >= 0.6 is 0 Å². The van der Waals surface area contributed by atoms with E-state index in [4.69, 9.17) is 9.47 Å². The number of unbranched alkanes of at least 4 members (excludes halogenated alkanes) is 4. The maximum Gasteiger partial charge on any atom is 0.297 e. The molecule has 1 N–H and O–H groups in total. The van der Waals surface area contributed by atoms with Crippen LogP contribution in [0.5, 0.6) is 17.2 Å². The summed E-state index contributed by atoms with van der Waals surface area (Å²) >= 11 is 0. The molecule has 1 aromatic heterocycles. The number of phenolic OH excluding ortho intramolecular Hbond substituents is 1. The lowest BCUT2D eigenvalue weighted by atomic mass is 10.1. The van der Waals surface area contributed by atoms with E-state index in [9.17, 15) is 9.90 Å². The molecule has 0 saturated carbocycles. The van der Waals surface area contributed by atoms with Crippen molar-refractivity contribution in [1.82, 2.24) is 4.57 Å². The number of pyridine rings is 1. The molecule has 0 spiro atoms. The van der Waals surface area contributed by atoms with E-state index >= 15 is 0 Å². The number of nitrogens with zero attached hydrogens (tertiary/aromatic N) is 1. The van der Waals surface area contributed by atoms with Crippen LogP contribution in [0.25, 0.3) is 10.9 Å². The monoisotopic (exact) mass is 423 g/mol. The first-order valence-corrected chi connectivity index (χ1v) is 11.3. The molecule has 31 heavy (non-hydrogen) atoms. The van der Waals surface area contributed by atoms with Gasteiger partial charge in [-0.2, -0.15) is 0 Å². The quantitative estimate of drug-likeness (QED) is 0.361. The number of hydrogen-bond donors (Lipinski definition) is 1. The van der Waals surface area contributed by atoms with Crippen molar-refractivity contribution in [2.24, 2.45) is 0 Å². The molecule has 0 amide bonds. The highest BCUT2D eigenvalue weighted by molar-refractivity contribution is 5.89. The van der Waals surface area contributed by atoms with Gasteiger partial charge in [-0.25, -0.2) is 0 Å². The highest BCUT2D eigenvalue weighted by Crippen LogP contribution is 2.35. The van der Waals surface area contributed by atoms with Gasteiger partial charge in [-0.05, 0) is 30.5 Å². The van der Waals surface area contributed by atoms with Crippen molar-refractivity contribution in [3.8, 4) is 17.2 Å². The third kappa shape index (κ3) is 5.81. The minimum atomic E-state index is -0.217. The van der Waals surface area contributed by atoms with Gasteiger partial charge < -0.3 is 19.1 Å². The predicted molar refractivity (Wildman–Crippen MR) is 125 cm³/mol. The van der Waals surface area contributed by atoms with Crippen molar-refractivity contribution in [3.05, 3.63) is 64.4 Å². The fourth-order valence-electron chi connectivity index (χ4n) is 3.63. The summed E-state index contributed by atoms with van der Waals surface area (Å²) in [6.45, 7) is 5.64. The fraction of sp³-hybridized carbons (Fsp3) is 0.423. The maximum atomic E-state index is 13.5. The van der Waals surface area contributed by atoms with Crippen molar-refractivity contribution in [1.29, 1.82) is 0 Å². The van der Waals surface area contributed by atoms with E-state index in [1.807, 2.05) is 36.4 Å². The summed E-state index contributed by atoms with van der Waals surface area (Å²) in [5.74, 6) is 0.845. The third-order valence-corrected chi connectivity index (χ3v) is 5.37. The Kier molecular flexibility index (Phi) is 8.39. The van der Waals surface area contributed by atoms with Gasteiger partial charge in [0.15, 0.2) is 5.75 Å². The zero-order valence-corrected chi connectivity index (χ0v) is 18.6. The van der Waals surface area contributed by atoms with E-state index in [1.54, 1.807) is 16.7 Å². The second-order valence-electron chi connectivity index (χ2n) is 7.85. The molecule has 3 rings (SSSR count). The summed E-state index contributed by atoms with van der Waals surface area (Å²) in [6, 6.07) is 14.9. The minimum Gasteiger partial charge on any atom is -0.508 e. The van der Waals surface area contributed by atoms with E-state index in [2.05, 4.69) is 13.8 Å². The van der Waals surface area contributed by atoms with Gasteiger partial charge in [-0.3, -0.25) is 4.79 Å². The van der Waals surface area contributed by atoms with Gasteiger partial charge in [0.05, 0.1) is 12.1 Å². The van der Waals surface area contributed by atoms with E-state index < -0.39 is 0 Å². The molecule has 0 radical (unpaired) electrons. The number of rotatable bonds is 12.